The molecule has 0 unspecified atom stereocenters. The Morgan fingerprint density at radius 1 is 1.09 bits per heavy atom. The van der Waals surface area contributed by atoms with Crippen molar-refractivity contribution in [2.45, 2.75) is 26.1 Å². The summed E-state index contributed by atoms with van der Waals surface area (Å²) < 4.78 is 40.3. The van der Waals surface area contributed by atoms with Crippen LogP contribution in [0.5, 0.6) is 0 Å². The molecule has 0 saturated heterocycles. The van der Waals surface area contributed by atoms with Gasteiger partial charge < -0.3 is 10.2 Å². The highest BCUT2D eigenvalue weighted by molar-refractivity contribution is 5.92. The van der Waals surface area contributed by atoms with E-state index in [4.69, 9.17) is 0 Å². The van der Waals surface area contributed by atoms with Gasteiger partial charge in [0, 0.05) is 24.8 Å². The minimum atomic E-state index is -4.52. The number of benzene rings is 2. The number of rotatable bonds is 8. The van der Waals surface area contributed by atoms with Crippen LogP contribution in [0, 0.1) is 6.92 Å². The summed E-state index contributed by atoms with van der Waals surface area (Å²) in [4.78, 5) is 27.0. The molecule has 174 valence electrons. The monoisotopic (exact) mass is 458 g/mol. The second kappa shape index (κ2) is 10.4. The van der Waals surface area contributed by atoms with E-state index in [-0.39, 0.29) is 11.4 Å². The van der Waals surface area contributed by atoms with Crippen molar-refractivity contribution in [3.8, 4) is 5.69 Å². The molecule has 2 aromatic carbocycles. The molecule has 1 N–H and O–H groups in total. The number of aryl methyl sites for hydroxylation is 1. The van der Waals surface area contributed by atoms with Gasteiger partial charge >= 0.3 is 6.18 Å². The molecule has 3 aromatic rings. The third-order valence-electron chi connectivity index (χ3n) is 5.04. The first kappa shape index (κ1) is 24.2. The second-order valence-electron chi connectivity index (χ2n) is 7.79. The number of nitrogens with zero attached hydrogens (tertiary/aromatic N) is 3. The fraction of sp³-hybridized carbons (Fsp3) is 0.292. The smallest absolute Gasteiger partial charge is 0.350 e. The summed E-state index contributed by atoms with van der Waals surface area (Å²) in [7, 11) is 1.98. The summed E-state index contributed by atoms with van der Waals surface area (Å²) in [5.41, 5.74) is -0.184. The summed E-state index contributed by atoms with van der Waals surface area (Å²) >= 11 is 0. The van der Waals surface area contributed by atoms with Gasteiger partial charge in [0.15, 0.2) is 5.69 Å². The largest absolute Gasteiger partial charge is 0.416 e. The number of halogens is 3. The van der Waals surface area contributed by atoms with Gasteiger partial charge in [-0.25, -0.2) is 4.68 Å². The Morgan fingerprint density at radius 3 is 2.52 bits per heavy atom. The maximum Gasteiger partial charge on any atom is 0.416 e. The van der Waals surface area contributed by atoms with Crippen LogP contribution in [-0.4, -0.2) is 40.7 Å². The molecule has 3 rings (SSSR count). The van der Waals surface area contributed by atoms with E-state index in [2.05, 4.69) is 15.3 Å². The fourth-order valence-corrected chi connectivity index (χ4v) is 3.39. The molecule has 1 amide bonds. The molecule has 6 nitrogen and oxygen atoms in total. The predicted octanol–water partition coefficient (Wildman–Crippen LogP) is 3.81. The van der Waals surface area contributed by atoms with Crippen molar-refractivity contribution >= 4 is 5.91 Å². The summed E-state index contributed by atoms with van der Waals surface area (Å²) in [5, 5.41) is 6.72. The standard InChI is InChI=1S/C24H25F3N4O2/c1-17-14-21(32)22(29-31(17)20-11-6-10-19(15-20)24(25,26)27)23(33)28-12-7-13-30(2)16-18-8-4-3-5-9-18/h3-6,8-11,14-15H,7,12-13,16H2,1-2H3,(H,28,33). The zero-order valence-electron chi connectivity index (χ0n) is 18.4. The van der Waals surface area contributed by atoms with Crippen molar-refractivity contribution in [1.82, 2.24) is 20.0 Å². The molecule has 1 heterocycles. The van der Waals surface area contributed by atoms with Crippen LogP contribution in [0.1, 0.15) is 33.7 Å². The molecule has 0 saturated carbocycles. The summed E-state index contributed by atoms with van der Waals surface area (Å²) in [6.45, 7) is 3.37. The van der Waals surface area contributed by atoms with E-state index >= 15 is 0 Å². The van der Waals surface area contributed by atoms with Crippen LogP contribution >= 0.6 is 0 Å². The first-order chi connectivity index (χ1) is 15.6. The fourth-order valence-electron chi connectivity index (χ4n) is 3.39. The first-order valence-electron chi connectivity index (χ1n) is 10.4. The van der Waals surface area contributed by atoms with Crippen molar-refractivity contribution in [1.29, 1.82) is 0 Å². The van der Waals surface area contributed by atoms with Crippen molar-refractivity contribution in [3.63, 3.8) is 0 Å². The summed E-state index contributed by atoms with van der Waals surface area (Å²) in [6, 6.07) is 15.7. The molecule has 0 aliphatic carbocycles. The van der Waals surface area contributed by atoms with E-state index in [0.29, 0.717) is 18.7 Å². The van der Waals surface area contributed by atoms with Crippen LogP contribution in [-0.2, 0) is 12.7 Å². The van der Waals surface area contributed by atoms with Crippen molar-refractivity contribution in [3.05, 3.63) is 93.4 Å². The van der Waals surface area contributed by atoms with Crippen LogP contribution < -0.4 is 10.7 Å². The van der Waals surface area contributed by atoms with E-state index in [1.54, 1.807) is 6.92 Å². The van der Waals surface area contributed by atoms with Gasteiger partial charge in [-0.05, 0) is 50.7 Å². The quantitative estimate of drug-likeness (QED) is 0.522. The number of alkyl halides is 3. The van der Waals surface area contributed by atoms with Crippen molar-refractivity contribution in [2.24, 2.45) is 0 Å². The summed E-state index contributed by atoms with van der Waals surface area (Å²) in [6.07, 6.45) is -3.86. The Bertz CT molecular complexity index is 1160. The van der Waals surface area contributed by atoms with Gasteiger partial charge in [-0.15, -0.1) is 0 Å². The van der Waals surface area contributed by atoms with Crippen molar-refractivity contribution < 1.29 is 18.0 Å². The first-order valence-corrected chi connectivity index (χ1v) is 10.4. The number of carbonyl (C=O) groups excluding carboxylic acids is 1. The number of hydrogen-bond acceptors (Lipinski definition) is 4. The van der Waals surface area contributed by atoms with E-state index in [1.165, 1.54) is 28.4 Å². The Labute approximate surface area is 189 Å². The third kappa shape index (κ3) is 6.52. The molecular weight excluding hydrogens is 433 g/mol. The highest BCUT2D eigenvalue weighted by atomic mass is 19.4. The van der Waals surface area contributed by atoms with Crippen LogP contribution in [0.25, 0.3) is 5.69 Å². The number of nitrogens with one attached hydrogen (secondary N) is 1. The summed E-state index contributed by atoms with van der Waals surface area (Å²) in [5.74, 6) is -0.661. The van der Waals surface area contributed by atoms with Gasteiger partial charge in [0.1, 0.15) is 0 Å². The molecule has 33 heavy (non-hydrogen) atoms. The highest BCUT2D eigenvalue weighted by Gasteiger charge is 2.30. The normalized spacial score (nSPS) is 11.6. The molecule has 0 aliphatic rings. The van der Waals surface area contributed by atoms with Crippen LogP contribution in [0.4, 0.5) is 13.2 Å². The Hall–Kier alpha value is -3.46. The lowest BCUT2D eigenvalue weighted by molar-refractivity contribution is -0.137. The minimum Gasteiger partial charge on any atom is -0.350 e. The van der Waals surface area contributed by atoms with Crippen LogP contribution in [0.15, 0.2) is 65.5 Å². The zero-order chi connectivity index (χ0) is 24.0. The molecular formula is C24H25F3N4O2. The predicted molar refractivity (Wildman–Crippen MR) is 119 cm³/mol. The lowest BCUT2D eigenvalue weighted by Crippen LogP contribution is -2.33. The van der Waals surface area contributed by atoms with Gasteiger partial charge in [-0.2, -0.15) is 18.3 Å². The second-order valence-corrected chi connectivity index (χ2v) is 7.79. The maximum absolute atomic E-state index is 13.1. The number of hydrogen-bond donors (Lipinski definition) is 1. The maximum atomic E-state index is 13.1. The zero-order valence-corrected chi connectivity index (χ0v) is 18.4. The van der Waals surface area contributed by atoms with Crippen molar-refractivity contribution in [2.75, 3.05) is 20.1 Å². The van der Waals surface area contributed by atoms with E-state index in [9.17, 15) is 22.8 Å². The van der Waals surface area contributed by atoms with Gasteiger partial charge in [0.25, 0.3) is 5.91 Å². The van der Waals surface area contributed by atoms with Gasteiger partial charge in [0.2, 0.25) is 5.43 Å². The molecule has 9 heteroatoms. The molecule has 0 fully saturated rings. The third-order valence-corrected chi connectivity index (χ3v) is 5.04. The lowest BCUT2D eigenvalue weighted by atomic mass is 10.2. The average molecular weight is 458 g/mol. The minimum absolute atomic E-state index is 0.110. The Morgan fingerprint density at radius 2 is 1.82 bits per heavy atom. The molecule has 0 radical (unpaired) electrons. The molecule has 1 aromatic heterocycles. The molecule has 0 bridgehead atoms. The van der Waals surface area contributed by atoms with E-state index in [1.807, 2.05) is 37.4 Å². The number of aromatic nitrogens is 2. The number of carbonyl (C=O) groups is 1. The van der Waals surface area contributed by atoms with Gasteiger partial charge in [-0.1, -0.05) is 36.4 Å². The Kier molecular flexibility index (Phi) is 7.65. The average Bonchev–Trinajstić information content (AvgIpc) is 2.77. The molecule has 0 atom stereocenters. The molecule has 0 aliphatic heterocycles. The van der Waals surface area contributed by atoms with Crippen LogP contribution in [0.2, 0.25) is 0 Å². The highest BCUT2D eigenvalue weighted by Crippen LogP contribution is 2.30. The Balaban J connectivity index is 1.65. The topological polar surface area (TPSA) is 67.2 Å². The SMILES string of the molecule is Cc1cc(=O)c(C(=O)NCCCN(C)Cc2ccccc2)nn1-c1cccc(C(F)(F)F)c1. The number of amides is 1. The molecule has 0 spiro atoms. The van der Waals surface area contributed by atoms with Gasteiger partial charge in [-0.3, -0.25) is 9.59 Å². The lowest BCUT2D eigenvalue weighted by Gasteiger charge is -2.17. The van der Waals surface area contributed by atoms with Crippen LogP contribution in [0.3, 0.4) is 0 Å². The van der Waals surface area contributed by atoms with Gasteiger partial charge in [0.05, 0.1) is 11.3 Å². The van der Waals surface area contributed by atoms with E-state index < -0.39 is 23.1 Å². The van der Waals surface area contributed by atoms with E-state index in [0.717, 1.165) is 25.2 Å².